The summed E-state index contributed by atoms with van der Waals surface area (Å²) >= 11 is 3.43. The maximum atomic E-state index is 9.08. The van der Waals surface area contributed by atoms with Crippen LogP contribution in [0, 0.1) is 11.3 Å². The Morgan fingerprint density at radius 1 is 1.56 bits per heavy atom. The van der Waals surface area contributed by atoms with Gasteiger partial charge in [0.25, 0.3) is 0 Å². The van der Waals surface area contributed by atoms with Gasteiger partial charge in [0.2, 0.25) is 0 Å². The zero-order chi connectivity index (χ0) is 12.0. The third kappa shape index (κ3) is 3.11. The monoisotopic (exact) mass is 278 g/mol. The molecule has 0 aliphatic rings. The molecule has 0 heterocycles. The first kappa shape index (κ1) is 12.8. The van der Waals surface area contributed by atoms with Gasteiger partial charge >= 0.3 is 0 Å². The van der Waals surface area contributed by atoms with Gasteiger partial charge in [-0.2, -0.15) is 5.26 Å². The molecule has 0 atom stereocenters. The Balaban J connectivity index is 3.10. The molecule has 0 saturated carbocycles. The molecule has 0 saturated heterocycles. The van der Waals surface area contributed by atoms with Crippen LogP contribution in [0.15, 0.2) is 35.3 Å². The zero-order valence-corrected chi connectivity index (χ0v) is 11.0. The minimum Gasteiger partial charge on any atom is -0.367 e. The highest BCUT2D eigenvalue weighted by Crippen LogP contribution is 2.24. The number of anilines is 1. The third-order valence-electron chi connectivity index (χ3n) is 2.26. The highest BCUT2D eigenvalue weighted by Gasteiger charge is 2.09. The lowest BCUT2D eigenvalue weighted by Crippen LogP contribution is -2.24. The Morgan fingerprint density at radius 3 is 2.88 bits per heavy atom. The molecule has 3 heteroatoms. The molecule has 0 aromatic heterocycles. The van der Waals surface area contributed by atoms with E-state index in [1.165, 1.54) is 0 Å². The van der Waals surface area contributed by atoms with Crippen LogP contribution in [0.1, 0.15) is 18.9 Å². The summed E-state index contributed by atoms with van der Waals surface area (Å²) in [7, 11) is 0. The van der Waals surface area contributed by atoms with Crippen molar-refractivity contribution < 1.29 is 0 Å². The third-order valence-corrected chi connectivity index (χ3v) is 2.76. The first-order chi connectivity index (χ1) is 7.72. The Bertz CT molecular complexity index is 407. The average Bonchev–Trinajstić information content (AvgIpc) is 2.29. The van der Waals surface area contributed by atoms with Crippen molar-refractivity contribution in [3.05, 3.63) is 40.9 Å². The molecule has 0 aliphatic carbocycles. The van der Waals surface area contributed by atoms with Crippen LogP contribution < -0.4 is 4.90 Å². The van der Waals surface area contributed by atoms with Gasteiger partial charge in [-0.3, -0.25) is 0 Å². The standard InChI is InChI=1S/C13H15BrN2/c1-3-7-16(8-4-2)13-9-12(14)6-5-11(13)10-15/h3,5-6,9H,1,4,7-8H2,2H3. The van der Waals surface area contributed by atoms with Crippen LogP contribution in [0.2, 0.25) is 0 Å². The van der Waals surface area contributed by atoms with Gasteiger partial charge in [-0.25, -0.2) is 0 Å². The lowest BCUT2D eigenvalue weighted by molar-refractivity contribution is 0.815. The molecule has 0 radical (unpaired) electrons. The molecule has 1 aromatic rings. The number of nitriles is 1. The van der Waals surface area contributed by atoms with E-state index in [0.29, 0.717) is 5.56 Å². The molecule has 0 amide bonds. The molecule has 1 aromatic carbocycles. The van der Waals surface area contributed by atoms with E-state index in [1.54, 1.807) is 0 Å². The molecule has 0 spiro atoms. The quantitative estimate of drug-likeness (QED) is 0.768. The van der Waals surface area contributed by atoms with Gasteiger partial charge in [-0.1, -0.05) is 28.9 Å². The normalized spacial score (nSPS) is 9.56. The maximum Gasteiger partial charge on any atom is 0.101 e. The molecule has 0 unspecified atom stereocenters. The first-order valence-corrected chi connectivity index (χ1v) is 6.07. The Hall–Kier alpha value is -1.27. The van der Waals surface area contributed by atoms with Gasteiger partial charge in [0.1, 0.15) is 6.07 Å². The van der Waals surface area contributed by atoms with E-state index in [-0.39, 0.29) is 0 Å². The SMILES string of the molecule is C=CCN(CCC)c1cc(Br)ccc1C#N. The van der Waals surface area contributed by atoms with Crippen molar-refractivity contribution in [3.8, 4) is 6.07 Å². The van der Waals surface area contributed by atoms with Gasteiger partial charge in [0, 0.05) is 17.6 Å². The minimum absolute atomic E-state index is 0.707. The van der Waals surface area contributed by atoms with E-state index in [0.717, 1.165) is 29.7 Å². The molecule has 0 N–H and O–H groups in total. The predicted octanol–water partition coefficient (Wildman–Crippen LogP) is 3.72. The largest absolute Gasteiger partial charge is 0.367 e. The summed E-state index contributed by atoms with van der Waals surface area (Å²) < 4.78 is 0.992. The number of nitrogens with zero attached hydrogens (tertiary/aromatic N) is 2. The van der Waals surface area contributed by atoms with Crippen molar-refractivity contribution in [3.63, 3.8) is 0 Å². The van der Waals surface area contributed by atoms with Crippen LogP contribution in [0.25, 0.3) is 0 Å². The average molecular weight is 279 g/mol. The molecule has 84 valence electrons. The zero-order valence-electron chi connectivity index (χ0n) is 9.41. The number of hydrogen-bond donors (Lipinski definition) is 0. The van der Waals surface area contributed by atoms with Gasteiger partial charge in [-0.15, -0.1) is 6.58 Å². The fourth-order valence-electron chi connectivity index (χ4n) is 1.60. The summed E-state index contributed by atoms with van der Waals surface area (Å²) in [5.74, 6) is 0. The predicted molar refractivity (Wildman–Crippen MR) is 71.6 cm³/mol. The van der Waals surface area contributed by atoms with E-state index >= 15 is 0 Å². The number of rotatable bonds is 5. The van der Waals surface area contributed by atoms with Gasteiger partial charge < -0.3 is 4.90 Å². The van der Waals surface area contributed by atoms with Crippen molar-refractivity contribution >= 4 is 21.6 Å². The second-order valence-corrected chi connectivity index (χ2v) is 4.42. The summed E-state index contributed by atoms with van der Waals surface area (Å²) in [6, 6.07) is 7.93. The van der Waals surface area contributed by atoms with Crippen LogP contribution in [0.4, 0.5) is 5.69 Å². The highest BCUT2D eigenvalue weighted by atomic mass is 79.9. The number of halogens is 1. The second-order valence-electron chi connectivity index (χ2n) is 3.51. The lowest BCUT2D eigenvalue weighted by atomic mass is 10.1. The fourth-order valence-corrected chi connectivity index (χ4v) is 1.95. The van der Waals surface area contributed by atoms with Crippen molar-refractivity contribution in [1.82, 2.24) is 0 Å². The number of benzene rings is 1. The molecule has 16 heavy (non-hydrogen) atoms. The molecule has 0 fully saturated rings. The molecule has 2 nitrogen and oxygen atoms in total. The first-order valence-electron chi connectivity index (χ1n) is 5.28. The Morgan fingerprint density at radius 2 is 2.31 bits per heavy atom. The van der Waals surface area contributed by atoms with Crippen LogP contribution in [-0.2, 0) is 0 Å². The minimum atomic E-state index is 0.707. The summed E-state index contributed by atoms with van der Waals surface area (Å²) in [4.78, 5) is 2.16. The number of hydrogen-bond acceptors (Lipinski definition) is 2. The molecule has 0 bridgehead atoms. The van der Waals surface area contributed by atoms with E-state index in [1.807, 2.05) is 24.3 Å². The van der Waals surface area contributed by atoms with Crippen LogP contribution in [-0.4, -0.2) is 13.1 Å². The smallest absolute Gasteiger partial charge is 0.101 e. The van der Waals surface area contributed by atoms with Gasteiger partial charge in [0.15, 0.2) is 0 Å². The highest BCUT2D eigenvalue weighted by molar-refractivity contribution is 9.10. The summed E-state index contributed by atoms with van der Waals surface area (Å²) in [5.41, 5.74) is 1.68. The van der Waals surface area contributed by atoms with Crippen molar-refractivity contribution in [2.45, 2.75) is 13.3 Å². The van der Waals surface area contributed by atoms with Crippen LogP contribution in [0.3, 0.4) is 0 Å². The summed E-state index contributed by atoms with van der Waals surface area (Å²) in [5, 5.41) is 9.08. The van der Waals surface area contributed by atoms with Gasteiger partial charge in [-0.05, 0) is 24.6 Å². The van der Waals surface area contributed by atoms with E-state index in [9.17, 15) is 0 Å². The van der Waals surface area contributed by atoms with Crippen molar-refractivity contribution in [2.24, 2.45) is 0 Å². The maximum absolute atomic E-state index is 9.08. The molecular weight excluding hydrogens is 264 g/mol. The van der Waals surface area contributed by atoms with Gasteiger partial charge in [0.05, 0.1) is 11.3 Å². The van der Waals surface area contributed by atoms with Crippen molar-refractivity contribution in [2.75, 3.05) is 18.0 Å². The van der Waals surface area contributed by atoms with Crippen LogP contribution in [0.5, 0.6) is 0 Å². The van der Waals surface area contributed by atoms with Crippen LogP contribution >= 0.6 is 15.9 Å². The summed E-state index contributed by atoms with van der Waals surface area (Å²) in [6.07, 6.45) is 2.91. The van der Waals surface area contributed by atoms with Crippen molar-refractivity contribution in [1.29, 1.82) is 5.26 Å². The van der Waals surface area contributed by atoms with E-state index in [2.05, 4.69) is 40.4 Å². The molecule has 1 rings (SSSR count). The summed E-state index contributed by atoms with van der Waals surface area (Å²) in [6.45, 7) is 7.57. The Labute approximate surface area is 105 Å². The Kier molecular flexibility index (Phi) is 5.07. The second kappa shape index (κ2) is 6.34. The fraction of sp³-hybridized carbons (Fsp3) is 0.308. The van der Waals surface area contributed by atoms with E-state index < -0.39 is 0 Å². The lowest BCUT2D eigenvalue weighted by Gasteiger charge is -2.23. The molecular formula is C13H15BrN2. The molecule has 0 aliphatic heterocycles. The van der Waals surface area contributed by atoms with E-state index in [4.69, 9.17) is 5.26 Å². The topological polar surface area (TPSA) is 27.0 Å².